The van der Waals surface area contributed by atoms with Gasteiger partial charge in [-0.15, -0.1) is 22.0 Å². The third-order valence-electron chi connectivity index (χ3n) is 10.8. The van der Waals surface area contributed by atoms with E-state index in [4.69, 9.17) is 8.83 Å². The summed E-state index contributed by atoms with van der Waals surface area (Å²) in [6.07, 6.45) is 5.88. The van der Waals surface area contributed by atoms with Crippen molar-refractivity contribution in [2.45, 2.75) is 59.0 Å². The van der Waals surface area contributed by atoms with Crippen molar-refractivity contribution in [2.24, 2.45) is 0 Å². The fourth-order valence-corrected chi connectivity index (χ4v) is 10.3. The minimum Gasteiger partial charge on any atom is -0.496 e. The molecule has 1 atom stereocenters. The Morgan fingerprint density at radius 1 is 0.700 bits per heavy atom. The van der Waals surface area contributed by atoms with Crippen LogP contribution in [0.3, 0.4) is 0 Å². The van der Waals surface area contributed by atoms with E-state index in [1.807, 2.05) is 6.92 Å². The first-order valence-corrected chi connectivity index (χ1v) is 20.1. The molecule has 0 bridgehead atoms. The Kier molecular flexibility index (Phi) is 8.53. The number of hydrogen-bond acceptors (Lipinski definition) is 2. The van der Waals surface area contributed by atoms with Crippen LogP contribution in [0, 0.1) is 20.8 Å². The maximum atomic E-state index is 6.66. The first-order chi connectivity index (χ1) is 23.9. The molecular formula is C46H40O2SiZr-. The van der Waals surface area contributed by atoms with E-state index < -0.39 is 8.80 Å². The predicted octanol–water partition coefficient (Wildman–Crippen LogP) is 11.8. The van der Waals surface area contributed by atoms with Crippen LogP contribution in [0.5, 0.6) is 0 Å². The Balaban J connectivity index is 0.00000361. The van der Waals surface area contributed by atoms with Crippen molar-refractivity contribution < 1.29 is 35.0 Å². The van der Waals surface area contributed by atoms with E-state index in [9.17, 15) is 0 Å². The average Bonchev–Trinajstić information content (AvgIpc) is 3.94. The van der Waals surface area contributed by atoms with Crippen LogP contribution < -0.4 is 5.19 Å². The van der Waals surface area contributed by atoms with Gasteiger partial charge in [0.15, 0.2) is 0 Å². The van der Waals surface area contributed by atoms with Crippen molar-refractivity contribution in [3.8, 4) is 33.6 Å². The van der Waals surface area contributed by atoms with Crippen molar-refractivity contribution in [1.82, 2.24) is 0 Å². The number of furan rings is 2. The van der Waals surface area contributed by atoms with E-state index in [1.165, 1.54) is 89.2 Å². The Morgan fingerprint density at radius 2 is 1.34 bits per heavy atom. The molecule has 2 aromatic heterocycles. The summed E-state index contributed by atoms with van der Waals surface area (Å²) < 4.78 is 13.2. The molecule has 2 heterocycles. The molecule has 0 N–H and O–H groups in total. The predicted molar refractivity (Wildman–Crippen MR) is 206 cm³/mol. The maximum Gasteiger partial charge on any atom is 0.130 e. The van der Waals surface area contributed by atoms with E-state index in [0.717, 1.165) is 35.9 Å². The summed E-state index contributed by atoms with van der Waals surface area (Å²) in [6.45, 7) is 11.3. The molecule has 1 radical (unpaired) electrons. The smallest absolute Gasteiger partial charge is 0.130 e. The zero-order chi connectivity index (χ0) is 33.4. The topological polar surface area (TPSA) is 26.3 Å². The van der Waals surface area contributed by atoms with Gasteiger partial charge in [0.2, 0.25) is 0 Å². The van der Waals surface area contributed by atoms with Gasteiger partial charge in [0, 0.05) is 46.5 Å². The second kappa shape index (κ2) is 12.9. The number of benzene rings is 4. The minimum atomic E-state index is -0.973. The number of hydrogen-bond donors (Lipinski definition) is 0. The SMILES string of the molecule is Cc1ccc(C2=Cc3c(ccc(C)c3-c3ccccc3)C2[c-]2c(-c3ccc(C)o3)c([Si](C)C)c3c(-c4ccccc4)c4c(cc32)CCC4)o1.[Zr]. The zero-order valence-electron chi connectivity index (χ0n) is 29.4. The minimum absolute atomic E-state index is 0. The van der Waals surface area contributed by atoms with Crippen LogP contribution in [0.15, 0.2) is 112 Å². The summed E-state index contributed by atoms with van der Waals surface area (Å²) in [7, 11) is -0.973. The van der Waals surface area contributed by atoms with Crippen molar-refractivity contribution in [2.75, 3.05) is 0 Å². The van der Waals surface area contributed by atoms with E-state index in [2.05, 4.69) is 136 Å². The molecule has 2 nitrogen and oxygen atoms in total. The molecule has 1 unspecified atom stereocenters. The van der Waals surface area contributed by atoms with Crippen LogP contribution in [-0.4, -0.2) is 8.80 Å². The molecule has 0 saturated carbocycles. The van der Waals surface area contributed by atoms with Gasteiger partial charge in [-0.2, -0.15) is 0 Å². The molecule has 50 heavy (non-hydrogen) atoms. The molecule has 2 aliphatic carbocycles. The van der Waals surface area contributed by atoms with Gasteiger partial charge in [0.05, 0.1) is 11.5 Å². The second-order valence-corrected chi connectivity index (χ2v) is 16.7. The van der Waals surface area contributed by atoms with E-state index in [0.29, 0.717) is 0 Å². The molecule has 0 aliphatic heterocycles. The van der Waals surface area contributed by atoms with Gasteiger partial charge < -0.3 is 8.83 Å². The number of rotatable bonds is 6. The molecule has 5 aromatic carbocycles. The van der Waals surface area contributed by atoms with Crippen molar-refractivity contribution in [3.05, 3.63) is 154 Å². The summed E-state index contributed by atoms with van der Waals surface area (Å²) in [5.41, 5.74) is 16.1. The summed E-state index contributed by atoms with van der Waals surface area (Å²) >= 11 is 0. The van der Waals surface area contributed by atoms with E-state index in [1.54, 1.807) is 0 Å². The van der Waals surface area contributed by atoms with Gasteiger partial charge in [0.25, 0.3) is 0 Å². The summed E-state index contributed by atoms with van der Waals surface area (Å²) in [5, 5.41) is 4.29. The van der Waals surface area contributed by atoms with Gasteiger partial charge in [-0.25, -0.2) is 0 Å². The number of fused-ring (bicyclic) bond motifs is 3. The summed E-state index contributed by atoms with van der Waals surface area (Å²) in [4.78, 5) is 0. The van der Waals surface area contributed by atoms with E-state index in [-0.39, 0.29) is 32.1 Å². The van der Waals surface area contributed by atoms with Gasteiger partial charge in [-0.3, -0.25) is 0 Å². The molecule has 9 rings (SSSR count). The first kappa shape index (κ1) is 33.1. The van der Waals surface area contributed by atoms with Crippen molar-refractivity contribution in [1.29, 1.82) is 0 Å². The Bertz CT molecular complexity index is 2420. The molecule has 0 spiro atoms. The molecule has 0 fully saturated rings. The Morgan fingerprint density at radius 3 is 1.96 bits per heavy atom. The third-order valence-corrected chi connectivity index (χ3v) is 12.3. The van der Waals surface area contributed by atoms with Crippen LogP contribution in [0.25, 0.3) is 56.0 Å². The standard InChI is InChI=1S/C46H40O2Si.Zr/c1-27-19-22-34-35(40(27)30-13-8-6-9-14-30)26-36(38-23-20-28(2)47-38)42(34)43-37-25-32-17-12-18-33(32)41(31-15-10-7-11-16-31)44(37)46(49(4)5)45(43)39-24-21-29(3)48-39;/h6-11,13-16,19-26,42H,12,17-18H2,1-5H3;/q-1;. The summed E-state index contributed by atoms with van der Waals surface area (Å²) in [6, 6.07) is 37.9. The monoisotopic (exact) mass is 742 g/mol. The van der Waals surface area contributed by atoms with Gasteiger partial charge >= 0.3 is 0 Å². The molecular weight excluding hydrogens is 704 g/mol. The molecule has 7 aromatic rings. The normalized spacial score (nSPS) is 15.0. The van der Waals surface area contributed by atoms with Crippen molar-refractivity contribution in [3.63, 3.8) is 0 Å². The van der Waals surface area contributed by atoms with Gasteiger partial charge in [-0.05, 0) is 109 Å². The molecule has 245 valence electrons. The number of aryl methyl sites for hydroxylation is 4. The van der Waals surface area contributed by atoms with Crippen LogP contribution >= 0.6 is 0 Å². The van der Waals surface area contributed by atoms with E-state index >= 15 is 0 Å². The molecule has 2 aliphatic rings. The number of allylic oxidation sites excluding steroid dienone is 1. The van der Waals surface area contributed by atoms with Crippen molar-refractivity contribution >= 4 is 36.4 Å². The zero-order valence-corrected chi connectivity index (χ0v) is 32.9. The van der Waals surface area contributed by atoms with Crippen LogP contribution in [0.2, 0.25) is 13.1 Å². The fourth-order valence-electron chi connectivity index (χ4n) is 8.82. The van der Waals surface area contributed by atoms with Crippen LogP contribution in [-0.2, 0) is 39.0 Å². The maximum absolute atomic E-state index is 6.66. The Labute approximate surface area is 316 Å². The quantitative estimate of drug-likeness (QED) is 0.125. The van der Waals surface area contributed by atoms with Gasteiger partial charge in [0.1, 0.15) is 11.5 Å². The average molecular weight is 744 g/mol. The third kappa shape index (κ3) is 5.18. The largest absolute Gasteiger partial charge is 0.496 e. The van der Waals surface area contributed by atoms with Crippen LogP contribution in [0.1, 0.15) is 63.0 Å². The Hall–Kier alpha value is -4.11. The fraction of sp³-hybridized carbons (Fsp3) is 0.196. The molecule has 0 amide bonds. The van der Waals surface area contributed by atoms with Crippen LogP contribution in [0.4, 0.5) is 0 Å². The first-order valence-electron chi connectivity index (χ1n) is 17.6. The molecule has 4 heteroatoms. The second-order valence-electron chi connectivity index (χ2n) is 14.2. The van der Waals surface area contributed by atoms with Gasteiger partial charge in [-0.1, -0.05) is 108 Å². The summed E-state index contributed by atoms with van der Waals surface area (Å²) in [5.74, 6) is 3.76. The molecule has 0 saturated heterocycles.